The molecule has 12 heteroatoms. The van der Waals surface area contributed by atoms with Crippen molar-refractivity contribution < 1.29 is 17.9 Å². The lowest BCUT2D eigenvalue weighted by Gasteiger charge is -2.26. The van der Waals surface area contributed by atoms with E-state index in [2.05, 4.69) is 25.9 Å². The topological polar surface area (TPSA) is 148 Å². The number of hydrogen-bond acceptors (Lipinski definition) is 9. The van der Waals surface area contributed by atoms with Crippen LogP contribution in [0.15, 0.2) is 47.5 Å². The number of piperidine rings is 1. The van der Waals surface area contributed by atoms with Crippen LogP contribution in [0.5, 0.6) is 0 Å². The van der Waals surface area contributed by atoms with E-state index in [1.165, 1.54) is 6.20 Å². The minimum absolute atomic E-state index is 0.00855. The van der Waals surface area contributed by atoms with E-state index in [1.807, 2.05) is 19.9 Å². The molecular formula is C29H37ClN6O4S. The number of benzene rings is 2. The van der Waals surface area contributed by atoms with Crippen molar-refractivity contribution in [1.29, 1.82) is 0 Å². The summed E-state index contributed by atoms with van der Waals surface area (Å²) in [6.07, 6.45) is 3.22. The normalized spacial score (nSPS) is 14.4. The Kier molecular flexibility index (Phi) is 9.85. The fourth-order valence-electron chi connectivity index (χ4n) is 4.67. The molecule has 0 saturated carbocycles. The van der Waals surface area contributed by atoms with Gasteiger partial charge in [-0.2, -0.15) is 4.98 Å². The number of carbonyl (C=O) groups is 1. The third-order valence-electron chi connectivity index (χ3n) is 6.95. The average Bonchev–Trinajstić information content (AvgIpc) is 2.94. The van der Waals surface area contributed by atoms with Crippen molar-refractivity contribution >= 4 is 50.5 Å². The van der Waals surface area contributed by atoms with Gasteiger partial charge in [-0.15, -0.1) is 0 Å². The molecule has 2 aromatic carbocycles. The number of halogens is 1. The van der Waals surface area contributed by atoms with Crippen LogP contribution in [0.3, 0.4) is 0 Å². The molecule has 2 heterocycles. The van der Waals surface area contributed by atoms with Gasteiger partial charge in [0.25, 0.3) is 0 Å². The van der Waals surface area contributed by atoms with Gasteiger partial charge in [0.1, 0.15) is 5.02 Å². The summed E-state index contributed by atoms with van der Waals surface area (Å²) >= 11 is 6.42. The summed E-state index contributed by atoms with van der Waals surface area (Å²) in [6, 6.07) is 10.3. The van der Waals surface area contributed by atoms with Crippen LogP contribution in [0.1, 0.15) is 67.9 Å². The van der Waals surface area contributed by atoms with E-state index < -0.39 is 21.0 Å². The minimum Gasteiger partial charge on any atom is -0.374 e. The maximum atomic E-state index is 12.9. The fraction of sp³-hybridized carbons (Fsp3) is 0.414. The molecule has 1 fully saturated rings. The number of ether oxygens (including phenoxy) is 1. The molecule has 3 aromatic rings. The van der Waals surface area contributed by atoms with Crippen LogP contribution in [0, 0.1) is 0 Å². The number of nitrogens with zero attached hydrogens (tertiary/aromatic N) is 2. The van der Waals surface area contributed by atoms with Crippen LogP contribution in [0.4, 0.5) is 23.1 Å². The lowest BCUT2D eigenvalue weighted by molar-refractivity contribution is 0.0659. The molecule has 220 valence electrons. The van der Waals surface area contributed by atoms with Crippen LogP contribution in [0.25, 0.3) is 0 Å². The van der Waals surface area contributed by atoms with Crippen molar-refractivity contribution in [2.75, 3.05) is 23.7 Å². The smallest absolute Gasteiger partial charge is 0.249 e. The molecule has 1 aromatic heterocycles. The van der Waals surface area contributed by atoms with Crippen LogP contribution < -0.4 is 21.7 Å². The number of nitrogens with two attached hydrogens (primary N) is 1. The van der Waals surface area contributed by atoms with Gasteiger partial charge in [-0.05, 0) is 83.3 Å². The van der Waals surface area contributed by atoms with Crippen molar-refractivity contribution in [2.24, 2.45) is 5.73 Å². The Labute approximate surface area is 246 Å². The fourth-order valence-corrected chi connectivity index (χ4v) is 6.01. The molecule has 1 aliphatic heterocycles. The zero-order chi connectivity index (χ0) is 29.7. The summed E-state index contributed by atoms with van der Waals surface area (Å²) in [4.78, 5) is 21.5. The van der Waals surface area contributed by atoms with E-state index in [9.17, 15) is 13.2 Å². The molecule has 1 aliphatic rings. The molecule has 0 radical (unpaired) electrons. The van der Waals surface area contributed by atoms with Gasteiger partial charge >= 0.3 is 0 Å². The highest BCUT2D eigenvalue weighted by atomic mass is 35.5. The molecule has 0 unspecified atom stereocenters. The van der Waals surface area contributed by atoms with E-state index in [-0.39, 0.29) is 33.7 Å². The van der Waals surface area contributed by atoms with Crippen molar-refractivity contribution in [3.63, 3.8) is 0 Å². The van der Waals surface area contributed by atoms with E-state index in [4.69, 9.17) is 22.1 Å². The second-order valence-corrected chi connectivity index (χ2v) is 13.5. The lowest BCUT2D eigenvalue weighted by atomic mass is 9.85. The number of primary amides is 1. The molecule has 0 bridgehead atoms. The monoisotopic (exact) mass is 600 g/mol. The van der Waals surface area contributed by atoms with Crippen molar-refractivity contribution in [1.82, 2.24) is 15.3 Å². The number of carbonyl (C=O) groups excluding carboxylic acids is 1. The molecule has 4 rings (SSSR count). The molecule has 5 N–H and O–H groups in total. The second kappa shape index (κ2) is 13.2. The zero-order valence-electron chi connectivity index (χ0n) is 23.7. The number of hydrogen-bond donors (Lipinski definition) is 4. The zero-order valence-corrected chi connectivity index (χ0v) is 25.3. The number of para-hydroxylation sites is 1. The number of aromatic nitrogens is 2. The number of anilines is 4. The number of sulfone groups is 1. The highest BCUT2D eigenvalue weighted by molar-refractivity contribution is 7.92. The second-order valence-electron chi connectivity index (χ2n) is 10.6. The predicted molar refractivity (Wildman–Crippen MR) is 162 cm³/mol. The molecule has 0 aliphatic carbocycles. The van der Waals surface area contributed by atoms with Crippen LogP contribution >= 0.6 is 11.6 Å². The first-order chi connectivity index (χ1) is 19.5. The summed E-state index contributed by atoms with van der Waals surface area (Å²) in [7, 11) is -3.57. The molecule has 10 nitrogen and oxygen atoms in total. The minimum atomic E-state index is -3.57. The molecule has 0 spiro atoms. The Bertz CT molecular complexity index is 1510. The van der Waals surface area contributed by atoms with Crippen molar-refractivity contribution in [2.45, 2.75) is 69.3 Å². The van der Waals surface area contributed by atoms with Gasteiger partial charge in [0, 0.05) is 16.8 Å². The first kappa shape index (κ1) is 30.7. The Hall–Kier alpha value is -3.25. The SMILES string of the molecule is CC(C)OCc1cc(C2CCNCC2)c(C(N)=O)cc1Nc1ncc(Cl)c(Nc2ccccc2S(=O)(=O)C(C)C)n1. The Morgan fingerprint density at radius 1 is 1.12 bits per heavy atom. The molecule has 1 amide bonds. The van der Waals surface area contributed by atoms with E-state index in [1.54, 1.807) is 44.2 Å². The molecule has 1 saturated heterocycles. The Morgan fingerprint density at radius 3 is 2.49 bits per heavy atom. The molecule has 41 heavy (non-hydrogen) atoms. The first-order valence-electron chi connectivity index (χ1n) is 13.7. The van der Waals surface area contributed by atoms with E-state index >= 15 is 0 Å². The standard InChI is InChI=1S/C29H37ClN6O4S/c1-17(2)40-16-20-13-21(19-9-11-32-12-10-19)22(27(31)37)14-25(20)35-29-33-15-23(30)28(36-29)34-24-7-5-6-8-26(24)41(38,39)18(3)4/h5-8,13-15,17-19,32H,9-12,16H2,1-4H3,(H2,31,37)(H2,33,34,35,36). The van der Waals surface area contributed by atoms with E-state index in [0.29, 0.717) is 23.5 Å². The summed E-state index contributed by atoms with van der Waals surface area (Å²) in [5, 5.41) is 9.21. The lowest BCUT2D eigenvalue weighted by Crippen LogP contribution is -2.28. The number of amides is 1. The van der Waals surface area contributed by atoms with Crippen molar-refractivity contribution in [3.05, 3.63) is 64.3 Å². The highest BCUT2D eigenvalue weighted by Crippen LogP contribution is 2.35. The number of rotatable bonds is 11. The molecular weight excluding hydrogens is 564 g/mol. The van der Waals surface area contributed by atoms with E-state index in [0.717, 1.165) is 37.1 Å². The van der Waals surface area contributed by atoms with Gasteiger partial charge in [0.2, 0.25) is 11.9 Å². The Morgan fingerprint density at radius 2 is 1.83 bits per heavy atom. The third kappa shape index (κ3) is 7.34. The van der Waals surface area contributed by atoms with Crippen LogP contribution in [-0.4, -0.2) is 48.7 Å². The maximum absolute atomic E-state index is 12.9. The molecule has 0 atom stereocenters. The summed E-state index contributed by atoms with van der Waals surface area (Å²) < 4.78 is 31.8. The quantitative estimate of drug-likeness (QED) is 0.230. The average molecular weight is 601 g/mol. The van der Waals surface area contributed by atoms with Crippen LogP contribution in [-0.2, 0) is 21.2 Å². The summed E-state index contributed by atoms with van der Waals surface area (Å²) in [6.45, 7) is 9.21. The Balaban J connectivity index is 1.71. The predicted octanol–water partition coefficient (Wildman–Crippen LogP) is 5.29. The van der Waals surface area contributed by atoms with Gasteiger partial charge in [0.15, 0.2) is 15.7 Å². The van der Waals surface area contributed by atoms with Gasteiger partial charge in [-0.3, -0.25) is 4.79 Å². The van der Waals surface area contributed by atoms with Crippen LogP contribution in [0.2, 0.25) is 5.02 Å². The summed E-state index contributed by atoms with van der Waals surface area (Å²) in [5.74, 6) is 0.101. The third-order valence-corrected chi connectivity index (χ3v) is 9.44. The first-order valence-corrected chi connectivity index (χ1v) is 15.6. The largest absolute Gasteiger partial charge is 0.374 e. The summed E-state index contributed by atoms with van der Waals surface area (Å²) in [5.41, 5.74) is 8.94. The van der Waals surface area contributed by atoms with Gasteiger partial charge < -0.3 is 26.4 Å². The van der Waals surface area contributed by atoms with Gasteiger partial charge in [-0.25, -0.2) is 13.4 Å². The van der Waals surface area contributed by atoms with Gasteiger partial charge in [-0.1, -0.05) is 29.8 Å². The number of nitrogens with one attached hydrogen (secondary N) is 3. The highest BCUT2D eigenvalue weighted by Gasteiger charge is 2.25. The van der Waals surface area contributed by atoms with Crippen molar-refractivity contribution in [3.8, 4) is 0 Å². The van der Waals surface area contributed by atoms with Gasteiger partial charge in [0.05, 0.1) is 34.7 Å². The maximum Gasteiger partial charge on any atom is 0.249 e.